The van der Waals surface area contributed by atoms with E-state index in [1.165, 1.54) is 6.07 Å². The van der Waals surface area contributed by atoms with Gasteiger partial charge in [0.25, 0.3) is 0 Å². The topological polar surface area (TPSA) is 38.5 Å². The maximum atomic E-state index is 12.9. The Balaban J connectivity index is 2.38. The van der Waals surface area contributed by atoms with E-state index in [4.69, 9.17) is 0 Å². The summed E-state index contributed by atoms with van der Waals surface area (Å²) in [5.41, 5.74) is 0.426. The first-order valence-electron chi connectivity index (χ1n) is 6.85. The van der Waals surface area contributed by atoms with Crippen LogP contribution < -0.4 is 10.3 Å². The Hall–Kier alpha value is -2.37. The molecule has 116 valence electrons. The summed E-state index contributed by atoms with van der Waals surface area (Å²) in [6, 6.07) is 8.68. The fourth-order valence-electron chi connectivity index (χ4n) is 1.89. The average molecular weight is 308 g/mol. The van der Waals surface area contributed by atoms with E-state index in [9.17, 15) is 13.2 Å². The molecule has 1 aromatic heterocycles. The molecular formula is C16H17F3N3+. The molecule has 0 atom stereocenters. The average Bonchev–Trinajstić information content (AvgIpc) is 2.46. The van der Waals surface area contributed by atoms with Gasteiger partial charge < -0.3 is 5.32 Å². The molecule has 2 aromatic rings. The van der Waals surface area contributed by atoms with Gasteiger partial charge in [0.05, 0.1) is 5.56 Å². The van der Waals surface area contributed by atoms with Crippen LogP contribution in [0.2, 0.25) is 0 Å². The summed E-state index contributed by atoms with van der Waals surface area (Å²) >= 11 is 0. The largest absolute Gasteiger partial charge is 0.416 e. The fraction of sp³-hybridized carbons (Fsp3) is 0.250. The zero-order valence-corrected chi connectivity index (χ0v) is 12.3. The molecular weight excluding hydrogens is 291 g/mol. The second-order valence-corrected chi connectivity index (χ2v) is 5.07. The van der Waals surface area contributed by atoms with Crippen molar-refractivity contribution < 1.29 is 18.2 Å². The van der Waals surface area contributed by atoms with Crippen LogP contribution in [0.5, 0.6) is 0 Å². The quantitative estimate of drug-likeness (QED) is 0.680. The lowest BCUT2D eigenvalue weighted by molar-refractivity contribution is -0.377. The van der Waals surface area contributed by atoms with Gasteiger partial charge in [-0.2, -0.15) is 13.2 Å². The van der Waals surface area contributed by atoms with Gasteiger partial charge >= 0.3 is 6.18 Å². The number of nitrogens with one attached hydrogen (secondary N) is 2. The number of nitrogens with zero attached hydrogens (tertiary/aromatic N) is 1. The van der Waals surface area contributed by atoms with Gasteiger partial charge in [-0.25, -0.2) is 4.98 Å². The first-order valence-corrected chi connectivity index (χ1v) is 6.85. The molecule has 1 aromatic carbocycles. The number of aromatic nitrogens is 1. The van der Waals surface area contributed by atoms with E-state index >= 15 is 0 Å². The Labute approximate surface area is 126 Å². The van der Waals surface area contributed by atoms with E-state index < -0.39 is 11.7 Å². The Morgan fingerprint density at radius 1 is 1.18 bits per heavy atom. The van der Waals surface area contributed by atoms with Gasteiger partial charge in [0.15, 0.2) is 12.4 Å². The van der Waals surface area contributed by atoms with Crippen LogP contribution >= 0.6 is 0 Å². The van der Waals surface area contributed by atoms with Gasteiger partial charge in [-0.3, -0.25) is 4.99 Å². The number of rotatable bonds is 3. The van der Waals surface area contributed by atoms with Crippen molar-refractivity contribution in [1.29, 1.82) is 0 Å². The molecule has 0 aliphatic heterocycles. The molecule has 0 unspecified atom stereocenters. The van der Waals surface area contributed by atoms with Crippen molar-refractivity contribution in [2.24, 2.45) is 4.99 Å². The zero-order valence-electron chi connectivity index (χ0n) is 12.3. The number of amidine groups is 1. The van der Waals surface area contributed by atoms with Gasteiger partial charge in [0.1, 0.15) is 11.5 Å². The number of hydrogen-bond acceptors (Lipinski definition) is 1. The van der Waals surface area contributed by atoms with Crippen LogP contribution in [0.25, 0.3) is 0 Å². The molecule has 0 saturated carbocycles. The lowest BCUT2D eigenvalue weighted by atomic mass is 10.1. The lowest BCUT2D eigenvalue weighted by Gasteiger charge is -2.13. The van der Waals surface area contributed by atoms with Crippen LogP contribution in [0.1, 0.15) is 25.0 Å². The highest BCUT2D eigenvalue weighted by Gasteiger charge is 2.30. The third-order valence-corrected chi connectivity index (χ3v) is 2.82. The SMILES string of the molecule is CC(C)N=C(Nc1ccc[nH+]c1)c1cccc(C(F)(F)F)c1. The lowest BCUT2D eigenvalue weighted by Crippen LogP contribution is -2.18. The molecule has 3 nitrogen and oxygen atoms in total. The number of alkyl halides is 3. The van der Waals surface area contributed by atoms with Crippen LogP contribution in [0.4, 0.5) is 18.9 Å². The van der Waals surface area contributed by atoms with Crippen LogP contribution in [0, 0.1) is 0 Å². The van der Waals surface area contributed by atoms with Crippen LogP contribution in [-0.4, -0.2) is 11.9 Å². The molecule has 0 bridgehead atoms. The van der Waals surface area contributed by atoms with Gasteiger partial charge in [0.2, 0.25) is 0 Å². The molecule has 0 amide bonds. The second-order valence-electron chi connectivity index (χ2n) is 5.07. The highest BCUT2D eigenvalue weighted by molar-refractivity contribution is 6.08. The van der Waals surface area contributed by atoms with E-state index in [1.54, 1.807) is 30.6 Å². The first kappa shape index (κ1) is 16.0. The van der Waals surface area contributed by atoms with Gasteiger partial charge in [-0.1, -0.05) is 12.1 Å². The van der Waals surface area contributed by atoms with Crippen molar-refractivity contribution in [3.05, 3.63) is 59.9 Å². The van der Waals surface area contributed by atoms with Gasteiger partial charge in [-0.15, -0.1) is 0 Å². The molecule has 22 heavy (non-hydrogen) atoms. The maximum absolute atomic E-state index is 12.9. The fourth-order valence-corrected chi connectivity index (χ4v) is 1.89. The van der Waals surface area contributed by atoms with Crippen LogP contribution in [-0.2, 0) is 6.18 Å². The minimum Gasteiger partial charge on any atom is -0.335 e. The molecule has 0 aliphatic carbocycles. The standard InChI is InChI=1S/C16H16F3N3/c1-11(2)21-15(22-14-7-4-8-20-10-14)12-5-3-6-13(9-12)16(17,18)19/h3-11H,1-2H3,(H,21,22)/p+1. The number of pyridine rings is 1. The smallest absolute Gasteiger partial charge is 0.335 e. The Morgan fingerprint density at radius 3 is 2.55 bits per heavy atom. The Morgan fingerprint density at radius 2 is 1.95 bits per heavy atom. The predicted molar refractivity (Wildman–Crippen MR) is 79.7 cm³/mol. The number of halogens is 3. The molecule has 2 rings (SSSR count). The summed E-state index contributed by atoms with van der Waals surface area (Å²) in [6.45, 7) is 3.73. The second kappa shape index (κ2) is 6.60. The molecule has 2 N–H and O–H groups in total. The minimum atomic E-state index is -4.38. The van der Waals surface area contributed by atoms with E-state index in [1.807, 2.05) is 13.8 Å². The summed E-state index contributed by atoms with van der Waals surface area (Å²) < 4.78 is 38.6. The maximum Gasteiger partial charge on any atom is 0.416 e. The van der Waals surface area contributed by atoms with E-state index in [0.29, 0.717) is 11.4 Å². The van der Waals surface area contributed by atoms with Gasteiger partial charge in [0, 0.05) is 17.7 Å². The Kier molecular flexibility index (Phi) is 4.80. The number of hydrogen-bond donors (Lipinski definition) is 1. The van der Waals surface area contributed by atoms with E-state index in [-0.39, 0.29) is 6.04 Å². The molecule has 0 spiro atoms. The number of H-pyrrole nitrogens is 1. The van der Waals surface area contributed by atoms with E-state index in [0.717, 1.165) is 17.8 Å². The van der Waals surface area contributed by atoms with Crippen molar-refractivity contribution in [3.63, 3.8) is 0 Å². The molecule has 0 saturated heterocycles. The number of benzene rings is 1. The third kappa shape index (κ3) is 4.31. The Bertz CT molecular complexity index is 649. The summed E-state index contributed by atoms with van der Waals surface area (Å²) in [7, 11) is 0. The summed E-state index contributed by atoms with van der Waals surface area (Å²) in [5, 5.41) is 3.06. The van der Waals surface area contributed by atoms with Crippen LogP contribution in [0.15, 0.2) is 53.8 Å². The predicted octanol–water partition coefficient (Wildman–Crippen LogP) is 3.79. The van der Waals surface area contributed by atoms with Crippen LogP contribution in [0.3, 0.4) is 0 Å². The number of anilines is 1. The summed E-state index contributed by atoms with van der Waals surface area (Å²) in [4.78, 5) is 7.30. The highest BCUT2D eigenvalue weighted by atomic mass is 19.4. The molecule has 6 heteroatoms. The first-order chi connectivity index (χ1) is 10.4. The molecule has 1 heterocycles. The van der Waals surface area contributed by atoms with Crippen molar-refractivity contribution in [1.82, 2.24) is 0 Å². The highest BCUT2D eigenvalue weighted by Crippen LogP contribution is 2.29. The van der Waals surface area contributed by atoms with Crippen molar-refractivity contribution >= 4 is 11.5 Å². The van der Waals surface area contributed by atoms with Crippen molar-refractivity contribution in [3.8, 4) is 0 Å². The van der Waals surface area contributed by atoms with Crippen molar-refractivity contribution in [2.75, 3.05) is 5.32 Å². The summed E-state index contributed by atoms with van der Waals surface area (Å²) in [6.07, 6.45) is -0.919. The van der Waals surface area contributed by atoms with Gasteiger partial charge in [-0.05, 0) is 32.0 Å². The minimum absolute atomic E-state index is 0.0512. The van der Waals surface area contributed by atoms with Crippen molar-refractivity contribution in [2.45, 2.75) is 26.1 Å². The molecule has 0 radical (unpaired) electrons. The normalized spacial score (nSPS) is 12.5. The number of aliphatic imine (C=N–C) groups is 1. The summed E-state index contributed by atoms with van der Waals surface area (Å²) in [5.74, 6) is 0.403. The molecule has 0 fully saturated rings. The van der Waals surface area contributed by atoms with E-state index in [2.05, 4.69) is 15.3 Å². The molecule has 0 aliphatic rings. The monoisotopic (exact) mass is 308 g/mol. The third-order valence-electron chi connectivity index (χ3n) is 2.82. The number of aromatic amines is 1. The zero-order chi connectivity index (χ0) is 16.2.